The first-order chi connectivity index (χ1) is 9.82. The number of alkyl halides is 3. The summed E-state index contributed by atoms with van der Waals surface area (Å²) in [6.45, 7) is 0. The summed E-state index contributed by atoms with van der Waals surface area (Å²) in [5, 5.41) is 10.0. The number of halogens is 3. The average molecular weight is 300 g/mol. The average Bonchev–Trinajstić information content (AvgIpc) is 2.94. The lowest BCUT2D eigenvalue weighted by molar-refractivity contribution is -0.137. The van der Waals surface area contributed by atoms with E-state index in [0.717, 1.165) is 19.2 Å². The molecule has 1 heterocycles. The van der Waals surface area contributed by atoms with Crippen molar-refractivity contribution in [2.45, 2.75) is 12.3 Å². The maximum Gasteiger partial charge on any atom is 0.416 e. The van der Waals surface area contributed by atoms with Gasteiger partial charge >= 0.3 is 12.1 Å². The number of aliphatic hydroxyl groups is 1. The van der Waals surface area contributed by atoms with Crippen LogP contribution in [-0.4, -0.2) is 18.2 Å². The van der Waals surface area contributed by atoms with Gasteiger partial charge in [0.2, 0.25) is 5.76 Å². The predicted molar refractivity (Wildman–Crippen MR) is 65.6 cm³/mol. The minimum Gasteiger partial charge on any atom is -0.463 e. The lowest BCUT2D eigenvalue weighted by Crippen LogP contribution is -2.07. The monoisotopic (exact) mass is 300 g/mol. The minimum absolute atomic E-state index is 0.00981. The number of carbonyl (C=O) groups is 1. The lowest BCUT2D eigenvalue weighted by Gasteiger charge is -2.12. The number of carbonyl (C=O) groups excluding carboxylic acids is 1. The van der Waals surface area contributed by atoms with Gasteiger partial charge in [0.15, 0.2) is 0 Å². The van der Waals surface area contributed by atoms with Crippen LogP contribution in [-0.2, 0) is 10.9 Å². The van der Waals surface area contributed by atoms with Crippen molar-refractivity contribution >= 4 is 5.97 Å². The molecule has 0 spiro atoms. The van der Waals surface area contributed by atoms with E-state index in [1.807, 2.05) is 0 Å². The normalized spacial score (nSPS) is 13.0. The number of rotatable bonds is 3. The summed E-state index contributed by atoms with van der Waals surface area (Å²) in [5.41, 5.74) is -0.866. The molecule has 112 valence electrons. The summed E-state index contributed by atoms with van der Waals surface area (Å²) in [6.07, 6.45) is -5.92. The van der Waals surface area contributed by atoms with Crippen LogP contribution in [0, 0.1) is 0 Å². The van der Waals surface area contributed by atoms with Gasteiger partial charge in [0.1, 0.15) is 11.9 Å². The number of hydrogen-bond acceptors (Lipinski definition) is 4. The molecule has 1 atom stereocenters. The molecule has 0 aliphatic rings. The zero-order chi connectivity index (χ0) is 15.6. The van der Waals surface area contributed by atoms with Crippen LogP contribution in [0.15, 0.2) is 40.8 Å². The second kappa shape index (κ2) is 5.61. The molecule has 0 aliphatic heterocycles. The Morgan fingerprint density at radius 3 is 2.62 bits per heavy atom. The Labute approximate surface area is 117 Å². The van der Waals surface area contributed by atoms with Crippen molar-refractivity contribution in [1.29, 1.82) is 0 Å². The fourth-order valence-electron chi connectivity index (χ4n) is 1.76. The van der Waals surface area contributed by atoms with E-state index in [2.05, 4.69) is 4.74 Å². The van der Waals surface area contributed by atoms with E-state index in [1.165, 1.54) is 24.3 Å². The zero-order valence-electron chi connectivity index (χ0n) is 10.8. The molecule has 1 unspecified atom stereocenters. The summed E-state index contributed by atoms with van der Waals surface area (Å²) in [4.78, 5) is 11.2. The molecule has 1 aromatic carbocycles. The summed E-state index contributed by atoms with van der Waals surface area (Å²) >= 11 is 0. The van der Waals surface area contributed by atoms with Crippen molar-refractivity contribution in [1.82, 2.24) is 0 Å². The Hall–Kier alpha value is -2.28. The first-order valence-corrected chi connectivity index (χ1v) is 5.86. The Morgan fingerprint density at radius 2 is 2.00 bits per heavy atom. The van der Waals surface area contributed by atoms with E-state index >= 15 is 0 Å². The third kappa shape index (κ3) is 3.25. The molecule has 0 radical (unpaired) electrons. The fourth-order valence-corrected chi connectivity index (χ4v) is 1.76. The SMILES string of the molecule is COC(=O)c1ccc(C(O)c2cccc(C(F)(F)F)c2)o1. The van der Waals surface area contributed by atoms with Crippen LogP contribution in [0.5, 0.6) is 0 Å². The highest BCUT2D eigenvalue weighted by Gasteiger charge is 2.31. The standard InChI is InChI=1S/C14H11F3O4/c1-20-13(19)11-6-5-10(21-11)12(18)8-3-2-4-9(7-8)14(15,16)17/h2-7,12,18H,1H3. The van der Waals surface area contributed by atoms with Gasteiger partial charge in [-0.05, 0) is 29.8 Å². The summed E-state index contributed by atoms with van der Waals surface area (Å²) < 4.78 is 47.4. The maximum absolute atomic E-state index is 12.6. The Bertz CT molecular complexity index is 646. The van der Waals surface area contributed by atoms with Crippen molar-refractivity contribution in [2.75, 3.05) is 7.11 Å². The molecule has 0 amide bonds. The molecule has 1 N–H and O–H groups in total. The highest BCUT2D eigenvalue weighted by molar-refractivity contribution is 5.86. The van der Waals surface area contributed by atoms with Gasteiger partial charge in [0, 0.05) is 0 Å². The molecule has 0 bridgehead atoms. The van der Waals surface area contributed by atoms with Gasteiger partial charge in [-0.25, -0.2) is 4.79 Å². The molecule has 0 fully saturated rings. The Morgan fingerprint density at radius 1 is 1.29 bits per heavy atom. The van der Waals surface area contributed by atoms with Crippen molar-refractivity contribution in [3.05, 3.63) is 59.0 Å². The minimum atomic E-state index is -4.50. The molecular formula is C14H11F3O4. The second-order valence-electron chi connectivity index (χ2n) is 4.22. The van der Waals surface area contributed by atoms with Gasteiger partial charge in [-0.15, -0.1) is 0 Å². The molecule has 4 nitrogen and oxygen atoms in total. The van der Waals surface area contributed by atoms with E-state index in [4.69, 9.17) is 4.42 Å². The first kappa shape index (κ1) is 15.1. The van der Waals surface area contributed by atoms with Crippen molar-refractivity contribution < 1.29 is 32.2 Å². The number of furan rings is 1. The van der Waals surface area contributed by atoms with Crippen molar-refractivity contribution in [2.24, 2.45) is 0 Å². The molecule has 2 aromatic rings. The molecule has 7 heteroatoms. The van der Waals surface area contributed by atoms with Crippen LogP contribution in [0.1, 0.15) is 33.5 Å². The maximum atomic E-state index is 12.6. The summed E-state index contributed by atoms with van der Waals surface area (Å²) in [7, 11) is 1.16. The van der Waals surface area contributed by atoms with Crippen LogP contribution in [0.3, 0.4) is 0 Å². The van der Waals surface area contributed by atoms with Crippen molar-refractivity contribution in [3.8, 4) is 0 Å². The van der Waals surface area contributed by atoms with Gasteiger partial charge in [-0.2, -0.15) is 13.2 Å². The van der Waals surface area contributed by atoms with Gasteiger partial charge in [-0.3, -0.25) is 0 Å². The van der Waals surface area contributed by atoms with E-state index in [0.29, 0.717) is 0 Å². The highest BCUT2D eigenvalue weighted by atomic mass is 19.4. The fraction of sp³-hybridized carbons (Fsp3) is 0.214. The van der Waals surface area contributed by atoms with Gasteiger partial charge in [-0.1, -0.05) is 12.1 Å². The first-order valence-electron chi connectivity index (χ1n) is 5.86. The third-order valence-corrected chi connectivity index (χ3v) is 2.81. The lowest BCUT2D eigenvalue weighted by atomic mass is 10.0. The van der Waals surface area contributed by atoms with Crippen LogP contribution < -0.4 is 0 Å². The van der Waals surface area contributed by atoms with Gasteiger partial charge in [0.25, 0.3) is 0 Å². The van der Waals surface area contributed by atoms with E-state index in [-0.39, 0.29) is 17.1 Å². The molecule has 2 rings (SSSR count). The van der Waals surface area contributed by atoms with Crippen LogP contribution >= 0.6 is 0 Å². The van der Waals surface area contributed by atoms with Crippen molar-refractivity contribution in [3.63, 3.8) is 0 Å². The summed E-state index contributed by atoms with van der Waals surface area (Å²) in [5.74, 6) is -0.925. The highest BCUT2D eigenvalue weighted by Crippen LogP contribution is 2.32. The zero-order valence-corrected chi connectivity index (χ0v) is 10.8. The number of benzene rings is 1. The molecule has 21 heavy (non-hydrogen) atoms. The van der Waals surface area contributed by atoms with E-state index in [1.54, 1.807) is 0 Å². The Balaban J connectivity index is 2.30. The largest absolute Gasteiger partial charge is 0.463 e. The molecular weight excluding hydrogens is 289 g/mol. The topological polar surface area (TPSA) is 59.7 Å². The van der Waals surface area contributed by atoms with Crippen LogP contribution in [0.25, 0.3) is 0 Å². The predicted octanol–water partition coefficient (Wildman–Crippen LogP) is 3.17. The smallest absolute Gasteiger partial charge is 0.416 e. The number of esters is 1. The third-order valence-electron chi connectivity index (χ3n) is 2.81. The molecule has 0 saturated carbocycles. The van der Waals surface area contributed by atoms with Crippen LogP contribution in [0.4, 0.5) is 13.2 Å². The van der Waals surface area contributed by atoms with E-state index in [9.17, 15) is 23.1 Å². The van der Waals surface area contributed by atoms with Gasteiger partial charge in [0.05, 0.1) is 12.7 Å². The number of methoxy groups -OCH3 is 1. The second-order valence-corrected chi connectivity index (χ2v) is 4.22. The quantitative estimate of drug-likeness (QED) is 0.885. The van der Waals surface area contributed by atoms with Gasteiger partial charge < -0.3 is 14.3 Å². The number of hydrogen-bond donors (Lipinski definition) is 1. The van der Waals surface area contributed by atoms with Crippen LogP contribution in [0.2, 0.25) is 0 Å². The number of aliphatic hydroxyl groups excluding tert-OH is 1. The summed E-state index contributed by atoms with van der Waals surface area (Å²) in [6, 6.07) is 6.82. The van der Waals surface area contributed by atoms with E-state index < -0.39 is 23.8 Å². The Kier molecular flexibility index (Phi) is 4.04. The molecule has 0 aliphatic carbocycles. The number of ether oxygens (including phenoxy) is 1. The molecule has 1 aromatic heterocycles. The molecule has 0 saturated heterocycles.